The Morgan fingerprint density at radius 3 is 2.80 bits per heavy atom. The SMILES string of the molecule is C=CCc1ccc(OC(=N)c2cccc3[nH]c(NC(=O)OC(C)C)nc23)c(OC)c1. The number of anilines is 1. The van der Waals surface area contributed by atoms with E-state index < -0.39 is 6.09 Å². The molecule has 0 bridgehead atoms. The maximum atomic E-state index is 11.8. The van der Waals surface area contributed by atoms with E-state index in [-0.39, 0.29) is 18.0 Å². The quantitative estimate of drug-likeness (QED) is 0.299. The zero-order valence-electron chi connectivity index (χ0n) is 17.1. The van der Waals surface area contributed by atoms with Crippen molar-refractivity contribution in [3.8, 4) is 11.5 Å². The van der Waals surface area contributed by atoms with Gasteiger partial charge in [-0.3, -0.25) is 10.7 Å². The van der Waals surface area contributed by atoms with Crippen LogP contribution >= 0.6 is 0 Å². The van der Waals surface area contributed by atoms with Gasteiger partial charge in [-0.15, -0.1) is 6.58 Å². The van der Waals surface area contributed by atoms with Crippen LogP contribution < -0.4 is 14.8 Å². The van der Waals surface area contributed by atoms with Crippen LogP contribution in [-0.4, -0.2) is 35.2 Å². The minimum absolute atomic E-state index is 0.0989. The van der Waals surface area contributed by atoms with Crippen LogP contribution in [-0.2, 0) is 11.2 Å². The summed E-state index contributed by atoms with van der Waals surface area (Å²) in [4.78, 5) is 19.2. The van der Waals surface area contributed by atoms with Crippen molar-refractivity contribution in [2.75, 3.05) is 12.4 Å². The van der Waals surface area contributed by atoms with Crippen molar-refractivity contribution in [2.24, 2.45) is 0 Å². The molecule has 1 amide bonds. The Morgan fingerprint density at radius 1 is 1.30 bits per heavy atom. The zero-order chi connectivity index (χ0) is 21.7. The third kappa shape index (κ3) is 4.78. The third-order valence-electron chi connectivity index (χ3n) is 4.14. The lowest BCUT2D eigenvalue weighted by Gasteiger charge is -2.12. The van der Waals surface area contributed by atoms with Gasteiger partial charge in [-0.25, -0.2) is 9.78 Å². The molecule has 0 fully saturated rings. The molecule has 0 aliphatic heterocycles. The predicted octanol–water partition coefficient (Wildman–Crippen LogP) is 4.66. The Bertz CT molecular complexity index is 1090. The topological polar surface area (TPSA) is 109 Å². The smallest absolute Gasteiger partial charge is 0.414 e. The van der Waals surface area contributed by atoms with Gasteiger partial charge in [-0.05, 0) is 50.1 Å². The number of imidazole rings is 1. The van der Waals surface area contributed by atoms with Crippen molar-refractivity contribution >= 4 is 29.0 Å². The van der Waals surface area contributed by atoms with E-state index in [4.69, 9.17) is 19.6 Å². The lowest BCUT2D eigenvalue weighted by atomic mass is 10.1. The summed E-state index contributed by atoms with van der Waals surface area (Å²) in [5, 5.41) is 11.0. The van der Waals surface area contributed by atoms with Gasteiger partial charge < -0.3 is 19.2 Å². The highest BCUT2D eigenvalue weighted by atomic mass is 16.6. The first-order chi connectivity index (χ1) is 14.4. The number of ether oxygens (including phenoxy) is 3. The van der Waals surface area contributed by atoms with Gasteiger partial charge in [0.1, 0.15) is 5.52 Å². The number of aromatic nitrogens is 2. The predicted molar refractivity (Wildman–Crippen MR) is 116 cm³/mol. The molecular formula is C22H24N4O4. The molecule has 1 aromatic heterocycles. The minimum Gasteiger partial charge on any atom is -0.493 e. The number of hydrogen-bond acceptors (Lipinski definition) is 6. The summed E-state index contributed by atoms with van der Waals surface area (Å²) in [6.07, 6.45) is 1.65. The molecule has 0 saturated heterocycles. The van der Waals surface area contributed by atoms with Gasteiger partial charge >= 0.3 is 6.09 Å². The summed E-state index contributed by atoms with van der Waals surface area (Å²) >= 11 is 0. The highest BCUT2D eigenvalue weighted by Crippen LogP contribution is 2.30. The molecule has 0 saturated carbocycles. The lowest BCUT2D eigenvalue weighted by molar-refractivity contribution is 0.130. The molecule has 0 unspecified atom stereocenters. The molecular weight excluding hydrogens is 384 g/mol. The molecule has 30 heavy (non-hydrogen) atoms. The summed E-state index contributed by atoms with van der Waals surface area (Å²) in [6.45, 7) is 7.25. The van der Waals surface area contributed by atoms with E-state index in [2.05, 4.69) is 21.9 Å². The second kappa shape index (κ2) is 9.13. The summed E-state index contributed by atoms with van der Waals surface area (Å²) in [6, 6.07) is 10.8. The number of benzene rings is 2. The fraction of sp³-hybridized carbons (Fsp3) is 0.227. The van der Waals surface area contributed by atoms with Crippen molar-refractivity contribution in [1.82, 2.24) is 9.97 Å². The number of hydrogen-bond donors (Lipinski definition) is 3. The van der Waals surface area contributed by atoms with E-state index in [1.807, 2.05) is 12.1 Å². The van der Waals surface area contributed by atoms with Crippen molar-refractivity contribution in [1.29, 1.82) is 5.41 Å². The molecule has 0 spiro atoms. The van der Waals surface area contributed by atoms with Crippen LogP contribution in [0.4, 0.5) is 10.7 Å². The maximum absolute atomic E-state index is 11.8. The van der Waals surface area contributed by atoms with Gasteiger partial charge in [0.05, 0.1) is 24.3 Å². The highest BCUT2D eigenvalue weighted by molar-refractivity contribution is 6.05. The Kier molecular flexibility index (Phi) is 6.36. The molecule has 3 N–H and O–H groups in total. The summed E-state index contributed by atoms with van der Waals surface area (Å²) in [7, 11) is 1.55. The van der Waals surface area contributed by atoms with Crippen LogP contribution in [0.1, 0.15) is 25.0 Å². The van der Waals surface area contributed by atoms with E-state index >= 15 is 0 Å². The summed E-state index contributed by atoms with van der Waals surface area (Å²) in [5.41, 5.74) is 2.63. The second-order valence-corrected chi connectivity index (χ2v) is 6.78. The number of carbonyl (C=O) groups is 1. The molecule has 8 nitrogen and oxygen atoms in total. The normalized spacial score (nSPS) is 10.7. The standard InChI is InChI=1S/C22H24N4O4/c1-5-7-14-10-11-17(18(12-14)28-4)30-20(23)15-8-6-9-16-19(15)25-21(24-16)26-22(27)29-13(2)3/h5-6,8-13,23H,1,7H2,2-4H3,(H2,24,25,26,27). The fourth-order valence-corrected chi connectivity index (χ4v) is 2.87. The van der Waals surface area contributed by atoms with Crippen LogP contribution in [0.25, 0.3) is 11.0 Å². The van der Waals surface area contributed by atoms with Crippen LogP contribution in [0, 0.1) is 5.41 Å². The number of aromatic amines is 1. The van der Waals surface area contributed by atoms with E-state index in [1.54, 1.807) is 51.3 Å². The first-order valence-corrected chi connectivity index (χ1v) is 9.42. The van der Waals surface area contributed by atoms with Gasteiger partial charge in [0, 0.05) is 0 Å². The van der Waals surface area contributed by atoms with Gasteiger partial charge in [0.15, 0.2) is 11.5 Å². The molecule has 2 aromatic carbocycles. The Hall–Kier alpha value is -3.81. The van der Waals surface area contributed by atoms with Gasteiger partial charge in [-0.2, -0.15) is 0 Å². The van der Waals surface area contributed by atoms with Crippen molar-refractivity contribution in [2.45, 2.75) is 26.4 Å². The number of fused-ring (bicyclic) bond motifs is 1. The maximum Gasteiger partial charge on any atom is 0.414 e. The molecule has 0 atom stereocenters. The molecule has 0 radical (unpaired) electrons. The number of carbonyl (C=O) groups excluding carboxylic acids is 1. The number of allylic oxidation sites excluding steroid dienone is 1. The van der Waals surface area contributed by atoms with E-state index in [9.17, 15) is 4.79 Å². The molecule has 3 rings (SSSR count). The van der Waals surface area contributed by atoms with Gasteiger partial charge in [0.2, 0.25) is 11.8 Å². The molecule has 3 aromatic rings. The zero-order valence-corrected chi connectivity index (χ0v) is 17.1. The third-order valence-corrected chi connectivity index (χ3v) is 4.14. The van der Waals surface area contributed by atoms with Crippen molar-refractivity contribution in [3.63, 3.8) is 0 Å². The van der Waals surface area contributed by atoms with E-state index in [1.165, 1.54) is 0 Å². The number of nitrogens with zero attached hydrogens (tertiary/aromatic N) is 1. The Balaban J connectivity index is 1.85. The lowest BCUT2D eigenvalue weighted by Crippen LogP contribution is -2.18. The van der Waals surface area contributed by atoms with Crippen LogP contribution in [0.3, 0.4) is 0 Å². The molecule has 0 aliphatic rings. The average Bonchev–Trinajstić information content (AvgIpc) is 3.10. The number of rotatable bonds is 7. The van der Waals surface area contributed by atoms with Crippen LogP contribution in [0.2, 0.25) is 0 Å². The largest absolute Gasteiger partial charge is 0.493 e. The fourth-order valence-electron chi connectivity index (χ4n) is 2.87. The summed E-state index contributed by atoms with van der Waals surface area (Å²) in [5.74, 6) is 1.06. The van der Waals surface area contributed by atoms with Gasteiger partial charge in [-0.1, -0.05) is 18.2 Å². The number of para-hydroxylation sites is 1. The second-order valence-electron chi connectivity index (χ2n) is 6.78. The van der Waals surface area contributed by atoms with Gasteiger partial charge in [0.25, 0.3) is 0 Å². The molecule has 8 heteroatoms. The number of amides is 1. The summed E-state index contributed by atoms with van der Waals surface area (Å²) < 4.78 is 16.2. The average molecular weight is 408 g/mol. The van der Waals surface area contributed by atoms with Crippen molar-refractivity contribution < 1.29 is 19.0 Å². The first-order valence-electron chi connectivity index (χ1n) is 9.42. The number of nitrogens with one attached hydrogen (secondary N) is 3. The monoisotopic (exact) mass is 408 g/mol. The van der Waals surface area contributed by atoms with E-state index in [0.29, 0.717) is 34.5 Å². The Labute approximate surface area is 174 Å². The van der Waals surface area contributed by atoms with Crippen molar-refractivity contribution in [3.05, 3.63) is 60.2 Å². The number of methoxy groups -OCH3 is 1. The molecule has 156 valence electrons. The van der Waals surface area contributed by atoms with E-state index in [0.717, 1.165) is 5.56 Å². The molecule has 1 heterocycles. The molecule has 0 aliphatic carbocycles. The first kappa shape index (κ1) is 20.9. The van der Waals surface area contributed by atoms with Crippen LogP contribution in [0.15, 0.2) is 49.1 Å². The minimum atomic E-state index is -0.610. The highest BCUT2D eigenvalue weighted by Gasteiger charge is 2.16. The Morgan fingerprint density at radius 2 is 2.10 bits per heavy atom. The number of H-pyrrole nitrogens is 1. The van der Waals surface area contributed by atoms with Crippen LogP contribution in [0.5, 0.6) is 11.5 Å².